The van der Waals surface area contributed by atoms with Crippen LogP contribution >= 0.6 is 11.6 Å². The molecule has 20 heavy (non-hydrogen) atoms. The smallest absolute Gasteiger partial charge is 0.234 e. The van der Waals surface area contributed by atoms with Gasteiger partial charge < -0.3 is 10.4 Å². The van der Waals surface area contributed by atoms with Crippen LogP contribution in [0.2, 0.25) is 5.02 Å². The molecule has 0 bridgehead atoms. The van der Waals surface area contributed by atoms with Crippen LogP contribution < -0.4 is 5.32 Å². The number of nitrogens with zero attached hydrogens (tertiary/aromatic N) is 1. The molecule has 5 heteroatoms. The Labute approximate surface area is 125 Å². The maximum absolute atomic E-state index is 11.8. The second-order valence-corrected chi connectivity index (χ2v) is 6.50. The number of carbonyl (C=O) groups is 1. The number of amides is 1. The van der Waals surface area contributed by atoms with Gasteiger partial charge in [0.1, 0.15) is 0 Å². The number of aliphatic hydroxyl groups is 1. The van der Waals surface area contributed by atoms with Crippen molar-refractivity contribution >= 4 is 17.5 Å². The fourth-order valence-corrected chi connectivity index (χ4v) is 2.08. The summed E-state index contributed by atoms with van der Waals surface area (Å²) >= 11 is 5.89. The number of rotatable bonds is 5. The summed E-state index contributed by atoms with van der Waals surface area (Å²) in [5.74, 6) is -0.0571. The molecule has 0 spiro atoms. The molecule has 1 atom stereocenters. The monoisotopic (exact) mass is 298 g/mol. The Balaban J connectivity index is 2.50. The molecule has 4 nitrogen and oxygen atoms in total. The summed E-state index contributed by atoms with van der Waals surface area (Å²) in [6.07, 6.45) is -0.666. The quantitative estimate of drug-likeness (QED) is 0.876. The molecule has 112 valence electrons. The van der Waals surface area contributed by atoms with E-state index in [0.29, 0.717) is 11.6 Å². The molecule has 1 amide bonds. The lowest BCUT2D eigenvalue weighted by molar-refractivity contribution is -0.123. The van der Waals surface area contributed by atoms with E-state index in [4.69, 9.17) is 11.6 Å². The minimum absolute atomic E-state index is 0.0571. The maximum atomic E-state index is 11.8. The van der Waals surface area contributed by atoms with Crippen LogP contribution in [0.15, 0.2) is 24.3 Å². The molecule has 1 unspecified atom stereocenters. The lowest BCUT2D eigenvalue weighted by atomic mass is 10.1. The fourth-order valence-electron chi connectivity index (χ4n) is 1.88. The van der Waals surface area contributed by atoms with Gasteiger partial charge in [-0.25, -0.2) is 0 Å². The number of hydrogen-bond donors (Lipinski definition) is 2. The summed E-state index contributed by atoms with van der Waals surface area (Å²) in [4.78, 5) is 13.6. The summed E-state index contributed by atoms with van der Waals surface area (Å²) in [5.41, 5.74) is 0.504. The van der Waals surface area contributed by atoms with Gasteiger partial charge in [-0.2, -0.15) is 0 Å². The Morgan fingerprint density at radius 1 is 1.45 bits per heavy atom. The maximum Gasteiger partial charge on any atom is 0.234 e. The van der Waals surface area contributed by atoms with Crippen LogP contribution in [0.5, 0.6) is 0 Å². The van der Waals surface area contributed by atoms with Crippen LogP contribution in [0.1, 0.15) is 32.4 Å². The topological polar surface area (TPSA) is 52.6 Å². The fraction of sp³-hybridized carbons (Fsp3) is 0.533. The first-order valence-corrected chi connectivity index (χ1v) is 6.98. The first kappa shape index (κ1) is 17.0. The third-order valence-corrected chi connectivity index (χ3v) is 2.88. The standard InChI is InChI=1S/C15H23ClN2O2/c1-15(2,3)17-14(20)10-18(4)9-13(19)11-6-5-7-12(16)8-11/h5-8,13,19H,9-10H2,1-4H3,(H,17,20). The summed E-state index contributed by atoms with van der Waals surface area (Å²) in [5, 5.41) is 13.6. The van der Waals surface area contributed by atoms with Crippen LogP contribution in [-0.2, 0) is 4.79 Å². The van der Waals surface area contributed by atoms with Gasteiger partial charge in [-0.15, -0.1) is 0 Å². The molecular weight excluding hydrogens is 276 g/mol. The zero-order valence-electron chi connectivity index (χ0n) is 12.5. The minimum Gasteiger partial charge on any atom is -0.387 e. The van der Waals surface area contributed by atoms with Crippen molar-refractivity contribution in [3.05, 3.63) is 34.9 Å². The largest absolute Gasteiger partial charge is 0.387 e. The molecule has 1 aromatic carbocycles. The van der Waals surface area contributed by atoms with Gasteiger partial charge in [0.2, 0.25) is 5.91 Å². The van der Waals surface area contributed by atoms with E-state index in [1.165, 1.54) is 0 Å². The highest BCUT2D eigenvalue weighted by Crippen LogP contribution is 2.18. The van der Waals surface area contributed by atoms with Crippen molar-refractivity contribution in [3.63, 3.8) is 0 Å². The Hall–Kier alpha value is -1.10. The molecule has 0 aliphatic heterocycles. The zero-order valence-corrected chi connectivity index (χ0v) is 13.2. The molecule has 2 N–H and O–H groups in total. The normalized spacial score (nSPS) is 13.3. The minimum atomic E-state index is -0.666. The predicted octanol–water partition coefficient (Wildman–Crippen LogP) is 2.22. The van der Waals surface area contributed by atoms with E-state index < -0.39 is 6.10 Å². The van der Waals surface area contributed by atoms with Gasteiger partial charge >= 0.3 is 0 Å². The summed E-state index contributed by atoms with van der Waals surface area (Å²) in [6, 6.07) is 7.11. The Morgan fingerprint density at radius 3 is 2.65 bits per heavy atom. The Kier molecular flexibility index (Phi) is 5.99. The van der Waals surface area contributed by atoms with E-state index in [2.05, 4.69) is 5.32 Å². The van der Waals surface area contributed by atoms with Gasteiger partial charge in [-0.1, -0.05) is 23.7 Å². The number of hydrogen-bond acceptors (Lipinski definition) is 3. The predicted molar refractivity (Wildman–Crippen MR) is 81.8 cm³/mol. The van der Waals surface area contributed by atoms with Crippen molar-refractivity contribution < 1.29 is 9.90 Å². The number of aliphatic hydroxyl groups excluding tert-OH is 1. The molecule has 0 aliphatic rings. The molecule has 0 aliphatic carbocycles. The van der Waals surface area contributed by atoms with Gasteiger partial charge in [0.25, 0.3) is 0 Å². The van der Waals surface area contributed by atoms with Crippen LogP contribution in [0, 0.1) is 0 Å². The van der Waals surface area contributed by atoms with Crippen molar-refractivity contribution in [2.75, 3.05) is 20.1 Å². The summed E-state index contributed by atoms with van der Waals surface area (Å²) in [6.45, 7) is 6.43. The summed E-state index contributed by atoms with van der Waals surface area (Å²) in [7, 11) is 1.80. The van der Waals surface area contributed by atoms with E-state index in [1.54, 1.807) is 30.1 Å². The highest BCUT2D eigenvalue weighted by atomic mass is 35.5. The van der Waals surface area contributed by atoms with Crippen molar-refractivity contribution in [1.29, 1.82) is 0 Å². The van der Waals surface area contributed by atoms with E-state index in [1.807, 2.05) is 26.8 Å². The third kappa shape index (κ3) is 6.37. The number of carbonyl (C=O) groups excluding carboxylic acids is 1. The number of nitrogens with one attached hydrogen (secondary N) is 1. The van der Waals surface area contributed by atoms with E-state index in [9.17, 15) is 9.90 Å². The molecule has 0 radical (unpaired) electrons. The molecule has 1 rings (SSSR count). The number of likely N-dealkylation sites (N-methyl/N-ethyl adjacent to an activating group) is 1. The SMILES string of the molecule is CN(CC(=O)NC(C)(C)C)CC(O)c1cccc(Cl)c1. The molecule has 1 aromatic rings. The molecule has 0 heterocycles. The molecule has 0 fully saturated rings. The Bertz CT molecular complexity index is 457. The van der Waals surface area contributed by atoms with Crippen molar-refractivity contribution in [1.82, 2.24) is 10.2 Å². The van der Waals surface area contributed by atoms with Gasteiger partial charge in [-0.3, -0.25) is 9.69 Å². The average molecular weight is 299 g/mol. The number of halogens is 1. The second kappa shape index (κ2) is 7.07. The van der Waals surface area contributed by atoms with Gasteiger partial charge in [-0.05, 0) is 45.5 Å². The van der Waals surface area contributed by atoms with Gasteiger partial charge in [0.15, 0.2) is 0 Å². The van der Waals surface area contributed by atoms with Crippen LogP contribution in [0.4, 0.5) is 0 Å². The zero-order chi connectivity index (χ0) is 15.3. The lowest BCUT2D eigenvalue weighted by Crippen LogP contribution is -2.45. The molecule has 0 saturated heterocycles. The van der Waals surface area contributed by atoms with E-state index >= 15 is 0 Å². The first-order valence-electron chi connectivity index (χ1n) is 6.60. The lowest BCUT2D eigenvalue weighted by Gasteiger charge is -2.24. The second-order valence-electron chi connectivity index (χ2n) is 6.07. The van der Waals surface area contributed by atoms with Crippen LogP contribution in [0.3, 0.4) is 0 Å². The Morgan fingerprint density at radius 2 is 2.10 bits per heavy atom. The van der Waals surface area contributed by atoms with E-state index in [-0.39, 0.29) is 18.0 Å². The van der Waals surface area contributed by atoms with Crippen molar-refractivity contribution in [3.8, 4) is 0 Å². The highest BCUT2D eigenvalue weighted by Gasteiger charge is 2.17. The summed E-state index contributed by atoms with van der Waals surface area (Å²) < 4.78 is 0. The molecule has 0 saturated carbocycles. The van der Waals surface area contributed by atoms with Gasteiger partial charge in [0, 0.05) is 17.1 Å². The number of benzene rings is 1. The molecule has 0 aromatic heterocycles. The third-order valence-electron chi connectivity index (χ3n) is 2.65. The first-order chi connectivity index (χ1) is 9.17. The van der Waals surface area contributed by atoms with E-state index in [0.717, 1.165) is 5.56 Å². The average Bonchev–Trinajstić information content (AvgIpc) is 2.25. The van der Waals surface area contributed by atoms with Crippen LogP contribution in [-0.4, -0.2) is 41.6 Å². The van der Waals surface area contributed by atoms with Crippen LogP contribution in [0.25, 0.3) is 0 Å². The highest BCUT2D eigenvalue weighted by molar-refractivity contribution is 6.30. The van der Waals surface area contributed by atoms with Gasteiger partial charge in [0.05, 0.1) is 12.6 Å². The molecular formula is C15H23ClN2O2. The van der Waals surface area contributed by atoms with Crippen molar-refractivity contribution in [2.24, 2.45) is 0 Å². The van der Waals surface area contributed by atoms with Crippen molar-refractivity contribution in [2.45, 2.75) is 32.4 Å².